The highest BCUT2D eigenvalue weighted by Gasteiger charge is 2.74. The Morgan fingerprint density at radius 1 is 1.57 bits per heavy atom. The van der Waals surface area contributed by atoms with Crippen LogP contribution in [0.15, 0.2) is 12.7 Å². The van der Waals surface area contributed by atoms with Crippen molar-refractivity contribution in [2.45, 2.75) is 18.1 Å². The Morgan fingerprint density at radius 3 is 2.50 bits per heavy atom. The standard InChI is InChI=1S/C7H6F4O3/c1-2-4(12)13-3-6(9)5(8)14-7(6,10)11/h2,5H,1,3H2. The summed E-state index contributed by atoms with van der Waals surface area (Å²) in [5.74, 6) is -1.11. The lowest BCUT2D eigenvalue weighted by molar-refractivity contribution is -0.470. The number of alkyl halides is 4. The van der Waals surface area contributed by atoms with E-state index in [2.05, 4.69) is 16.1 Å². The number of halogens is 4. The minimum Gasteiger partial charge on any atom is -0.459 e. The molecule has 2 atom stereocenters. The molecule has 1 saturated heterocycles. The molecule has 14 heavy (non-hydrogen) atoms. The fourth-order valence-electron chi connectivity index (χ4n) is 0.780. The molecule has 3 nitrogen and oxygen atoms in total. The molecule has 0 aliphatic carbocycles. The van der Waals surface area contributed by atoms with Gasteiger partial charge >= 0.3 is 12.1 Å². The van der Waals surface area contributed by atoms with Crippen molar-refractivity contribution in [1.29, 1.82) is 0 Å². The first-order valence-corrected chi connectivity index (χ1v) is 3.51. The van der Waals surface area contributed by atoms with Crippen LogP contribution in [-0.4, -0.2) is 30.7 Å². The summed E-state index contributed by atoms with van der Waals surface area (Å²) in [4.78, 5) is 10.4. The molecule has 2 unspecified atom stereocenters. The maximum atomic E-state index is 13.0. The molecule has 1 aliphatic rings. The number of ether oxygens (including phenoxy) is 2. The van der Waals surface area contributed by atoms with E-state index in [0.29, 0.717) is 6.08 Å². The van der Waals surface area contributed by atoms with E-state index in [4.69, 9.17) is 0 Å². The van der Waals surface area contributed by atoms with E-state index in [1.807, 2.05) is 0 Å². The van der Waals surface area contributed by atoms with Gasteiger partial charge in [0.15, 0.2) is 0 Å². The molecule has 0 aromatic heterocycles. The molecule has 1 rings (SSSR count). The predicted octanol–water partition coefficient (Wildman–Crippen LogP) is 1.34. The van der Waals surface area contributed by atoms with Gasteiger partial charge in [-0.05, 0) is 0 Å². The lowest BCUT2D eigenvalue weighted by atomic mass is 10.0. The maximum absolute atomic E-state index is 13.0. The van der Waals surface area contributed by atoms with E-state index in [-0.39, 0.29) is 0 Å². The van der Waals surface area contributed by atoms with Gasteiger partial charge in [-0.25, -0.2) is 13.6 Å². The molecule has 1 heterocycles. The summed E-state index contributed by atoms with van der Waals surface area (Å²) in [5, 5.41) is 0. The zero-order valence-electron chi connectivity index (χ0n) is 6.81. The van der Waals surface area contributed by atoms with Crippen molar-refractivity contribution in [2.24, 2.45) is 0 Å². The number of carbonyl (C=O) groups excluding carboxylic acids is 1. The quantitative estimate of drug-likeness (QED) is 0.404. The largest absolute Gasteiger partial charge is 0.459 e. The minimum atomic E-state index is -4.27. The van der Waals surface area contributed by atoms with Gasteiger partial charge in [-0.3, -0.25) is 4.74 Å². The van der Waals surface area contributed by atoms with E-state index in [9.17, 15) is 22.4 Å². The van der Waals surface area contributed by atoms with Gasteiger partial charge in [-0.15, -0.1) is 0 Å². The number of carbonyl (C=O) groups is 1. The Morgan fingerprint density at radius 2 is 2.14 bits per heavy atom. The van der Waals surface area contributed by atoms with E-state index in [0.717, 1.165) is 0 Å². The third kappa shape index (κ3) is 1.47. The Balaban J connectivity index is 2.58. The molecule has 0 spiro atoms. The normalized spacial score (nSPS) is 34.4. The zero-order chi connectivity index (χ0) is 11.0. The van der Waals surface area contributed by atoms with E-state index in [1.54, 1.807) is 0 Å². The molecular weight excluding hydrogens is 208 g/mol. The number of rotatable bonds is 3. The van der Waals surface area contributed by atoms with Gasteiger partial charge in [0.1, 0.15) is 6.61 Å². The summed E-state index contributed by atoms with van der Waals surface area (Å²) in [6.07, 6.45) is -6.42. The smallest absolute Gasteiger partial charge is 0.401 e. The highest BCUT2D eigenvalue weighted by atomic mass is 19.3. The molecule has 0 saturated carbocycles. The van der Waals surface area contributed by atoms with Crippen LogP contribution in [0.5, 0.6) is 0 Å². The monoisotopic (exact) mass is 214 g/mol. The van der Waals surface area contributed by atoms with Gasteiger partial charge in [0.2, 0.25) is 0 Å². The number of esters is 1. The zero-order valence-corrected chi connectivity index (χ0v) is 6.81. The summed E-state index contributed by atoms with van der Waals surface area (Å²) in [6.45, 7) is 1.54. The third-order valence-corrected chi connectivity index (χ3v) is 1.69. The van der Waals surface area contributed by atoms with Crippen LogP contribution < -0.4 is 0 Å². The number of hydrogen-bond donors (Lipinski definition) is 0. The fourth-order valence-corrected chi connectivity index (χ4v) is 0.780. The van der Waals surface area contributed by atoms with Crippen molar-refractivity contribution in [1.82, 2.24) is 0 Å². The second-order valence-electron chi connectivity index (χ2n) is 2.62. The molecule has 0 bridgehead atoms. The lowest BCUT2D eigenvalue weighted by Gasteiger charge is -2.43. The van der Waals surface area contributed by atoms with Gasteiger partial charge in [-0.2, -0.15) is 8.78 Å². The van der Waals surface area contributed by atoms with E-state index < -0.39 is 30.7 Å². The highest BCUT2D eigenvalue weighted by Crippen LogP contribution is 2.49. The molecule has 0 aromatic rings. The third-order valence-electron chi connectivity index (χ3n) is 1.69. The minimum absolute atomic E-state index is 0.647. The summed E-state index contributed by atoms with van der Waals surface area (Å²) in [7, 11) is 0. The van der Waals surface area contributed by atoms with Gasteiger partial charge < -0.3 is 4.74 Å². The molecule has 0 aromatic carbocycles. The summed E-state index contributed by atoms with van der Waals surface area (Å²) < 4.78 is 57.2. The van der Waals surface area contributed by atoms with Crippen LogP contribution in [0.25, 0.3) is 0 Å². The summed E-state index contributed by atoms with van der Waals surface area (Å²) in [5.41, 5.74) is -3.61. The predicted molar refractivity (Wildman–Crippen MR) is 35.9 cm³/mol. The average Bonchev–Trinajstić information content (AvgIpc) is 2.12. The average molecular weight is 214 g/mol. The maximum Gasteiger partial charge on any atom is 0.401 e. The van der Waals surface area contributed by atoms with Crippen molar-refractivity contribution in [3.63, 3.8) is 0 Å². The SMILES string of the molecule is C=CC(=O)OCC1(F)C(F)OC1(F)F. The lowest BCUT2D eigenvalue weighted by Crippen LogP contribution is -2.68. The fraction of sp³-hybridized carbons (Fsp3) is 0.571. The first-order valence-electron chi connectivity index (χ1n) is 3.51. The van der Waals surface area contributed by atoms with Crippen LogP contribution in [0, 0.1) is 0 Å². The number of hydrogen-bond acceptors (Lipinski definition) is 3. The van der Waals surface area contributed by atoms with Crippen molar-refractivity contribution in [2.75, 3.05) is 6.61 Å². The molecular formula is C7H6F4O3. The second-order valence-corrected chi connectivity index (χ2v) is 2.62. The topological polar surface area (TPSA) is 35.5 Å². The molecule has 80 valence electrons. The van der Waals surface area contributed by atoms with Gasteiger partial charge in [0.25, 0.3) is 12.0 Å². The van der Waals surface area contributed by atoms with E-state index in [1.165, 1.54) is 0 Å². The van der Waals surface area contributed by atoms with Crippen LogP contribution in [-0.2, 0) is 14.3 Å². The van der Waals surface area contributed by atoms with Crippen LogP contribution in [0.2, 0.25) is 0 Å². The Labute approximate surface area is 76.3 Å². The summed E-state index contributed by atoms with van der Waals surface area (Å²) in [6, 6.07) is 0. The van der Waals surface area contributed by atoms with Gasteiger partial charge in [0, 0.05) is 6.08 Å². The van der Waals surface area contributed by atoms with Gasteiger partial charge in [0.05, 0.1) is 0 Å². The van der Waals surface area contributed by atoms with Gasteiger partial charge in [-0.1, -0.05) is 6.58 Å². The molecule has 7 heteroatoms. The Bertz CT molecular complexity index is 268. The molecule has 0 radical (unpaired) electrons. The van der Waals surface area contributed by atoms with Crippen LogP contribution in [0.3, 0.4) is 0 Å². The van der Waals surface area contributed by atoms with Crippen LogP contribution >= 0.6 is 0 Å². The van der Waals surface area contributed by atoms with Crippen molar-refractivity contribution >= 4 is 5.97 Å². The molecule has 0 amide bonds. The summed E-state index contributed by atoms with van der Waals surface area (Å²) >= 11 is 0. The van der Waals surface area contributed by atoms with Crippen LogP contribution in [0.4, 0.5) is 17.6 Å². The second kappa shape index (κ2) is 3.23. The van der Waals surface area contributed by atoms with E-state index >= 15 is 0 Å². The highest BCUT2D eigenvalue weighted by molar-refractivity contribution is 5.81. The van der Waals surface area contributed by atoms with Crippen molar-refractivity contribution in [3.05, 3.63) is 12.7 Å². The van der Waals surface area contributed by atoms with Crippen LogP contribution in [0.1, 0.15) is 0 Å². The van der Waals surface area contributed by atoms with Crippen molar-refractivity contribution in [3.8, 4) is 0 Å². The first kappa shape index (κ1) is 11.0. The van der Waals surface area contributed by atoms with Crippen molar-refractivity contribution < 1.29 is 31.8 Å². The molecule has 1 aliphatic heterocycles. The first-order chi connectivity index (χ1) is 6.33. The molecule has 1 fully saturated rings. The molecule has 0 N–H and O–H groups in total. The Hall–Kier alpha value is -1.11. The Kier molecular flexibility index (Phi) is 2.53.